The Balaban J connectivity index is 1.79. The largest absolute Gasteiger partial charge is 0.493 e. The van der Waals surface area contributed by atoms with Gasteiger partial charge in [0.15, 0.2) is 0 Å². The lowest BCUT2D eigenvalue weighted by atomic mass is 9.84. The quantitative estimate of drug-likeness (QED) is 0.922. The van der Waals surface area contributed by atoms with Gasteiger partial charge in [0, 0.05) is 34.6 Å². The van der Waals surface area contributed by atoms with Gasteiger partial charge in [-0.3, -0.25) is 14.2 Å². The Morgan fingerprint density at radius 2 is 2.22 bits per heavy atom. The molecule has 0 spiro atoms. The molecule has 2 atom stereocenters. The fourth-order valence-electron chi connectivity index (χ4n) is 3.26. The second-order valence-electron chi connectivity index (χ2n) is 5.73. The molecule has 120 valence electrons. The molecule has 0 radical (unpaired) electrons. The summed E-state index contributed by atoms with van der Waals surface area (Å²) in [6, 6.07) is 7.99. The fourth-order valence-corrected chi connectivity index (χ4v) is 6.00. The average Bonchev–Trinajstić information content (AvgIpc) is 2.87. The lowest BCUT2D eigenvalue weighted by molar-refractivity contribution is -0.137. The highest BCUT2D eigenvalue weighted by Crippen LogP contribution is 2.50. The van der Waals surface area contributed by atoms with Crippen molar-refractivity contribution in [3.63, 3.8) is 0 Å². The van der Waals surface area contributed by atoms with E-state index < -0.39 is 5.97 Å². The maximum Gasteiger partial charge on any atom is 0.308 e. The molecule has 1 N–H and O–H groups in total. The van der Waals surface area contributed by atoms with Crippen LogP contribution in [0.3, 0.4) is 0 Å². The molecule has 0 bridgehead atoms. The number of para-hydroxylation sites is 1. The number of ether oxygens (including phenoxy) is 1. The van der Waals surface area contributed by atoms with Crippen LogP contribution in [0.4, 0.5) is 0 Å². The van der Waals surface area contributed by atoms with E-state index in [1.807, 2.05) is 18.2 Å². The minimum atomic E-state index is -0.882. The first kappa shape index (κ1) is 14.8. The summed E-state index contributed by atoms with van der Waals surface area (Å²) in [5, 5.41) is 9.83. The summed E-state index contributed by atoms with van der Waals surface area (Å²) in [7, 11) is 0. The Morgan fingerprint density at radius 3 is 3.04 bits per heavy atom. The lowest BCUT2D eigenvalue weighted by Gasteiger charge is -2.36. The van der Waals surface area contributed by atoms with Gasteiger partial charge < -0.3 is 9.84 Å². The molecular formula is C16H15NO4S2. The van der Waals surface area contributed by atoms with Crippen molar-refractivity contribution in [3.8, 4) is 5.75 Å². The number of thiazole rings is 1. The minimum absolute atomic E-state index is 0.0303. The van der Waals surface area contributed by atoms with Crippen LogP contribution in [0, 0.1) is 5.92 Å². The Labute approximate surface area is 140 Å². The highest BCUT2D eigenvalue weighted by atomic mass is 32.2. The SMILES string of the molecule is O=C(O)CCn1c2c(sc1=O)[C@@H]1c3ccccc3OC[C@H]1CS2. The maximum absolute atomic E-state index is 12.3. The van der Waals surface area contributed by atoms with Gasteiger partial charge in [-0.2, -0.15) is 0 Å². The van der Waals surface area contributed by atoms with E-state index >= 15 is 0 Å². The molecule has 2 aliphatic heterocycles. The number of aliphatic carboxylic acids is 1. The van der Waals surface area contributed by atoms with Crippen molar-refractivity contribution in [1.29, 1.82) is 0 Å². The van der Waals surface area contributed by atoms with Crippen molar-refractivity contribution in [3.05, 3.63) is 44.4 Å². The van der Waals surface area contributed by atoms with Gasteiger partial charge in [-0.15, -0.1) is 11.8 Å². The first-order valence-corrected chi connectivity index (χ1v) is 9.25. The summed E-state index contributed by atoms with van der Waals surface area (Å²) < 4.78 is 7.48. The van der Waals surface area contributed by atoms with Gasteiger partial charge in [-0.1, -0.05) is 29.5 Å². The molecular weight excluding hydrogens is 334 g/mol. The normalized spacial score (nSPS) is 21.7. The molecule has 4 rings (SSSR count). The van der Waals surface area contributed by atoms with Crippen LogP contribution in [-0.2, 0) is 11.3 Å². The number of carbonyl (C=O) groups is 1. The predicted molar refractivity (Wildman–Crippen MR) is 88.8 cm³/mol. The number of carboxylic acid groups (broad SMARTS) is 1. The molecule has 3 heterocycles. The average molecular weight is 349 g/mol. The molecule has 1 aromatic heterocycles. The Bertz CT molecular complexity index is 826. The number of aromatic nitrogens is 1. The van der Waals surface area contributed by atoms with Gasteiger partial charge in [-0.25, -0.2) is 0 Å². The molecule has 0 unspecified atom stereocenters. The summed E-state index contributed by atoms with van der Waals surface area (Å²) in [6.07, 6.45) is -0.0303. The second kappa shape index (κ2) is 5.72. The van der Waals surface area contributed by atoms with Gasteiger partial charge in [0.1, 0.15) is 5.75 Å². The smallest absolute Gasteiger partial charge is 0.308 e. The van der Waals surface area contributed by atoms with E-state index in [0.29, 0.717) is 12.5 Å². The molecule has 0 saturated carbocycles. The summed E-state index contributed by atoms with van der Waals surface area (Å²) in [5.41, 5.74) is 1.14. The third kappa shape index (κ3) is 2.48. The van der Waals surface area contributed by atoms with E-state index in [-0.39, 0.29) is 23.8 Å². The number of nitrogens with zero attached hydrogens (tertiary/aromatic N) is 1. The molecule has 7 heteroatoms. The van der Waals surface area contributed by atoms with Crippen molar-refractivity contribution < 1.29 is 14.6 Å². The first-order valence-electron chi connectivity index (χ1n) is 7.45. The highest BCUT2D eigenvalue weighted by Gasteiger charge is 2.39. The van der Waals surface area contributed by atoms with Crippen LogP contribution in [0.5, 0.6) is 5.75 Å². The maximum atomic E-state index is 12.3. The number of carboxylic acids is 1. The molecule has 2 aromatic rings. The molecule has 0 amide bonds. The number of hydrogen-bond donors (Lipinski definition) is 1. The highest BCUT2D eigenvalue weighted by molar-refractivity contribution is 7.99. The van der Waals surface area contributed by atoms with Crippen LogP contribution in [0.25, 0.3) is 0 Å². The first-order chi connectivity index (χ1) is 11.1. The lowest BCUT2D eigenvalue weighted by Crippen LogP contribution is -2.31. The van der Waals surface area contributed by atoms with Gasteiger partial charge in [0.2, 0.25) is 0 Å². The van der Waals surface area contributed by atoms with E-state index in [9.17, 15) is 9.59 Å². The van der Waals surface area contributed by atoms with Gasteiger partial charge in [-0.05, 0) is 6.07 Å². The van der Waals surface area contributed by atoms with Crippen LogP contribution in [0.1, 0.15) is 22.8 Å². The molecule has 0 fully saturated rings. The topological polar surface area (TPSA) is 68.5 Å². The molecule has 0 saturated heterocycles. The van der Waals surface area contributed by atoms with Crippen LogP contribution in [0.2, 0.25) is 0 Å². The van der Waals surface area contributed by atoms with Gasteiger partial charge in [0.05, 0.1) is 18.1 Å². The van der Waals surface area contributed by atoms with E-state index in [1.165, 1.54) is 11.3 Å². The van der Waals surface area contributed by atoms with Crippen molar-refractivity contribution in [2.45, 2.75) is 23.9 Å². The number of thioether (sulfide) groups is 1. The summed E-state index contributed by atoms with van der Waals surface area (Å²) in [5.74, 6) is 1.43. The van der Waals surface area contributed by atoms with Gasteiger partial charge >= 0.3 is 10.8 Å². The van der Waals surface area contributed by atoms with Crippen LogP contribution in [0.15, 0.2) is 34.1 Å². The molecule has 5 nitrogen and oxygen atoms in total. The third-order valence-corrected chi connectivity index (χ3v) is 6.82. The molecule has 23 heavy (non-hydrogen) atoms. The molecule has 2 aliphatic rings. The van der Waals surface area contributed by atoms with E-state index in [4.69, 9.17) is 9.84 Å². The monoisotopic (exact) mass is 349 g/mol. The Morgan fingerprint density at radius 1 is 1.39 bits per heavy atom. The second-order valence-corrected chi connectivity index (χ2v) is 7.73. The van der Waals surface area contributed by atoms with Crippen molar-refractivity contribution in [2.75, 3.05) is 12.4 Å². The predicted octanol–water partition coefficient (Wildman–Crippen LogP) is 2.63. The summed E-state index contributed by atoms with van der Waals surface area (Å²) >= 11 is 2.90. The number of hydrogen-bond acceptors (Lipinski definition) is 5. The van der Waals surface area contributed by atoms with E-state index in [0.717, 1.165) is 27.0 Å². The van der Waals surface area contributed by atoms with Crippen LogP contribution >= 0.6 is 23.1 Å². The Kier molecular flexibility index (Phi) is 3.69. The van der Waals surface area contributed by atoms with Crippen molar-refractivity contribution in [2.24, 2.45) is 5.92 Å². The zero-order valence-electron chi connectivity index (χ0n) is 12.2. The van der Waals surface area contributed by atoms with Crippen molar-refractivity contribution >= 4 is 29.1 Å². The van der Waals surface area contributed by atoms with Crippen LogP contribution < -0.4 is 9.61 Å². The fraction of sp³-hybridized carbons (Fsp3) is 0.375. The summed E-state index contributed by atoms with van der Waals surface area (Å²) in [6.45, 7) is 0.901. The standard InChI is InChI=1S/C16H15NO4S2/c18-12(19)5-6-17-15-14(23-16(17)20)13-9(8-22-15)7-21-11-4-2-1-3-10(11)13/h1-4,9,13H,5-8H2,(H,18,19)/t9-,13-/m0/s1. The van der Waals surface area contributed by atoms with E-state index in [2.05, 4.69) is 6.07 Å². The van der Waals surface area contributed by atoms with E-state index in [1.54, 1.807) is 16.3 Å². The zero-order chi connectivity index (χ0) is 16.0. The van der Waals surface area contributed by atoms with Crippen molar-refractivity contribution in [1.82, 2.24) is 4.57 Å². The number of fused-ring (bicyclic) bond motifs is 5. The number of benzene rings is 1. The van der Waals surface area contributed by atoms with Gasteiger partial charge in [0.25, 0.3) is 0 Å². The number of rotatable bonds is 3. The zero-order valence-corrected chi connectivity index (χ0v) is 13.9. The van der Waals surface area contributed by atoms with Crippen LogP contribution in [-0.4, -0.2) is 28.0 Å². The Hall–Kier alpha value is -1.73. The molecule has 0 aliphatic carbocycles. The summed E-state index contributed by atoms with van der Waals surface area (Å²) in [4.78, 5) is 24.2. The minimum Gasteiger partial charge on any atom is -0.493 e. The third-order valence-electron chi connectivity index (χ3n) is 4.32. The molecule has 1 aromatic carbocycles.